The van der Waals surface area contributed by atoms with E-state index in [1.807, 2.05) is 18.2 Å². The molecule has 0 aliphatic carbocycles. The molecule has 0 bridgehead atoms. The number of hydrogen-bond donors (Lipinski definition) is 2. The fraction of sp³-hybridized carbons (Fsp3) is 0.533. The summed E-state index contributed by atoms with van der Waals surface area (Å²) >= 11 is 0. The summed E-state index contributed by atoms with van der Waals surface area (Å²) in [4.78, 5) is 4.66. The smallest absolute Gasteiger partial charge is 0.172 e. The Morgan fingerprint density at radius 3 is 2.86 bits per heavy atom. The Morgan fingerprint density at radius 2 is 2.24 bits per heavy atom. The Balaban J connectivity index is 2.36. The number of nitrogens with two attached hydrogens (primary N) is 1. The Morgan fingerprint density at radius 1 is 1.48 bits per heavy atom. The Bertz CT molecular complexity index is 518. The molecule has 0 spiro atoms. The third-order valence-electron chi connectivity index (χ3n) is 4.18. The highest BCUT2D eigenvalue weighted by Gasteiger charge is 2.25. The molecule has 1 aromatic rings. The quantitative estimate of drug-likeness (QED) is 0.379. The van der Waals surface area contributed by atoms with Gasteiger partial charge in [-0.1, -0.05) is 12.1 Å². The summed E-state index contributed by atoms with van der Waals surface area (Å²) in [6.45, 7) is 5.02. The summed E-state index contributed by atoms with van der Waals surface area (Å²) in [6, 6.07) is 6.11. The Hall–Kier alpha value is -1.95. The number of methoxy groups -OCH3 is 1. The van der Waals surface area contributed by atoms with Crippen molar-refractivity contribution >= 4 is 11.5 Å². The number of likely N-dealkylation sites (N-methyl/N-ethyl adjacent to an activating group) is 1. The first kappa shape index (κ1) is 15.4. The molecule has 0 amide bonds. The van der Waals surface area contributed by atoms with Crippen molar-refractivity contribution in [3.63, 3.8) is 0 Å². The number of hydrogen-bond acceptors (Lipinski definition) is 5. The second kappa shape index (κ2) is 6.67. The summed E-state index contributed by atoms with van der Waals surface area (Å²) < 4.78 is 5.31. The first-order valence-electron chi connectivity index (χ1n) is 7.21. The van der Waals surface area contributed by atoms with E-state index in [9.17, 15) is 0 Å². The number of piperazine rings is 1. The van der Waals surface area contributed by atoms with Crippen LogP contribution in [0.2, 0.25) is 0 Å². The average Bonchev–Trinajstić information content (AvgIpc) is 2.54. The van der Waals surface area contributed by atoms with Gasteiger partial charge in [0.25, 0.3) is 0 Å². The standard InChI is InChI=1S/C15H24N4O2/c1-4-11-10-19(8-7-18(11)2)14-9-12(21-3)5-6-13(14)15(16)17-20/h5-6,9,11,20H,4,7-8,10H2,1-3H3,(H2,16,17). The zero-order valence-electron chi connectivity index (χ0n) is 12.9. The van der Waals surface area contributed by atoms with E-state index in [1.54, 1.807) is 7.11 Å². The molecule has 21 heavy (non-hydrogen) atoms. The second-order valence-electron chi connectivity index (χ2n) is 5.36. The molecule has 116 valence electrons. The lowest BCUT2D eigenvalue weighted by Gasteiger charge is -2.41. The van der Waals surface area contributed by atoms with Gasteiger partial charge < -0.3 is 20.6 Å². The van der Waals surface area contributed by atoms with Crippen molar-refractivity contribution in [2.75, 3.05) is 38.7 Å². The predicted octanol–water partition coefficient (Wildman–Crippen LogP) is 1.32. The predicted molar refractivity (Wildman–Crippen MR) is 84.4 cm³/mol. The number of nitrogens with zero attached hydrogens (tertiary/aromatic N) is 3. The van der Waals surface area contributed by atoms with E-state index in [0.717, 1.165) is 43.1 Å². The second-order valence-corrected chi connectivity index (χ2v) is 5.36. The van der Waals surface area contributed by atoms with Gasteiger partial charge in [0.1, 0.15) is 5.75 Å². The molecule has 1 fully saturated rings. The molecule has 1 aliphatic rings. The van der Waals surface area contributed by atoms with Crippen molar-refractivity contribution in [3.8, 4) is 5.75 Å². The zero-order valence-corrected chi connectivity index (χ0v) is 12.9. The van der Waals surface area contributed by atoms with Gasteiger partial charge in [-0.2, -0.15) is 0 Å². The van der Waals surface area contributed by atoms with E-state index in [4.69, 9.17) is 15.7 Å². The summed E-state index contributed by atoms with van der Waals surface area (Å²) in [5.41, 5.74) is 7.50. The fourth-order valence-corrected chi connectivity index (χ4v) is 2.78. The number of rotatable bonds is 4. The van der Waals surface area contributed by atoms with Crippen molar-refractivity contribution in [2.24, 2.45) is 10.9 Å². The molecule has 1 heterocycles. The number of anilines is 1. The maximum atomic E-state index is 8.98. The van der Waals surface area contributed by atoms with Gasteiger partial charge in [-0.15, -0.1) is 0 Å². The largest absolute Gasteiger partial charge is 0.497 e. The molecule has 1 atom stereocenters. The third-order valence-corrected chi connectivity index (χ3v) is 4.18. The van der Waals surface area contributed by atoms with Gasteiger partial charge in [-0.25, -0.2) is 0 Å². The van der Waals surface area contributed by atoms with Gasteiger partial charge in [0.2, 0.25) is 0 Å². The van der Waals surface area contributed by atoms with Crippen LogP contribution in [-0.4, -0.2) is 55.8 Å². The maximum Gasteiger partial charge on any atom is 0.172 e. The highest BCUT2D eigenvalue weighted by atomic mass is 16.5. The zero-order chi connectivity index (χ0) is 15.4. The van der Waals surface area contributed by atoms with Crippen molar-refractivity contribution in [3.05, 3.63) is 23.8 Å². The monoisotopic (exact) mass is 292 g/mol. The number of oxime groups is 1. The Kier molecular flexibility index (Phi) is 4.90. The van der Waals surface area contributed by atoms with Crippen LogP contribution in [0.25, 0.3) is 0 Å². The van der Waals surface area contributed by atoms with Crippen LogP contribution in [0.5, 0.6) is 5.75 Å². The van der Waals surface area contributed by atoms with Crippen LogP contribution in [0.4, 0.5) is 5.69 Å². The number of ether oxygens (including phenoxy) is 1. The topological polar surface area (TPSA) is 74.3 Å². The minimum atomic E-state index is 0.125. The molecule has 1 aliphatic heterocycles. The minimum Gasteiger partial charge on any atom is -0.497 e. The van der Waals surface area contributed by atoms with Crippen LogP contribution < -0.4 is 15.4 Å². The van der Waals surface area contributed by atoms with E-state index in [2.05, 4.69) is 28.9 Å². The molecule has 0 aromatic heterocycles. The molecule has 3 N–H and O–H groups in total. The lowest BCUT2D eigenvalue weighted by molar-refractivity contribution is 0.213. The molecule has 6 heteroatoms. The van der Waals surface area contributed by atoms with Crippen molar-refractivity contribution in [1.82, 2.24) is 4.90 Å². The molecule has 0 radical (unpaired) electrons. The van der Waals surface area contributed by atoms with Gasteiger partial charge >= 0.3 is 0 Å². The fourth-order valence-electron chi connectivity index (χ4n) is 2.78. The molecule has 1 unspecified atom stereocenters. The van der Waals surface area contributed by atoms with Gasteiger partial charge in [0, 0.05) is 37.3 Å². The van der Waals surface area contributed by atoms with Crippen LogP contribution in [0.3, 0.4) is 0 Å². The maximum absolute atomic E-state index is 8.98. The van der Waals surface area contributed by atoms with Gasteiger partial charge in [-0.3, -0.25) is 4.90 Å². The Labute approximate surface area is 125 Å². The minimum absolute atomic E-state index is 0.125. The lowest BCUT2D eigenvalue weighted by Crippen LogP contribution is -2.51. The molecular weight excluding hydrogens is 268 g/mol. The van der Waals surface area contributed by atoms with E-state index in [0.29, 0.717) is 6.04 Å². The molecular formula is C15H24N4O2. The van der Waals surface area contributed by atoms with Crippen molar-refractivity contribution in [2.45, 2.75) is 19.4 Å². The van der Waals surface area contributed by atoms with Crippen LogP contribution in [0.15, 0.2) is 23.4 Å². The molecule has 2 rings (SSSR count). The van der Waals surface area contributed by atoms with Crippen LogP contribution in [0, 0.1) is 0 Å². The molecule has 0 saturated carbocycles. The lowest BCUT2D eigenvalue weighted by atomic mass is 10.1. The SMILES string of the molecule is CCC1CN(c2cc(OC)ccc2/C(N)=N/O)CCN1C. The summed E-state index contributed by atoms with van der Waals surface area (Å²) in [5.74, 6) is 0.895. The highest BCUT2D eigenvalue weighted by Crippen LogP contribution is 2.28. The highest BCUT2D eigenvalue weighted by molar-refractivity contribution is 6.02. The molecule has 1 saturated heterocycles. The normalized spacial score (nSPS) is 20.6. The van der Waals surface area contributed by atoms with Gasteiger partial charge in [-0.05, 0) is 25.6 Å². The van der Waals surface area contributed by atoms with Gasteiger partial charge in [0.05, 0.1) is 12.8 Å². The number of benzene rings is 1. The summed E-state index contributed by atoms with van der Waals surface area (Å²) in [7, 11) is 3.79. The van der Waals surface area contributed by atoms with E-state index in [-0.39, 0.29) is 5.84 Å². The van der Waals surface area contributed by atoms with Crippen LogP contribution >= 0.6 is 0 Å². The summed E-state index contributed by atoms with van der Waals surface area (Å²) in [5, 5.41) is 12.1. The molecule has 1 aromatic carbocycles. The van der Waals surface area contributed by atoms with E-state index in [1.165, 1.54) is 0 Å². The first-order valence-corrected chi connectivity index (χ1v) is 7.21. The summed E-state index contributed by atoms with van der Waals surface area (Å²) in [6.07, 6.45) is 1.09. The van der Waals surface area contributed by atoms with Crippen LogP contribution in [0.1, 0.15) is 18.9 Å². The third kappa shape index (κ3) is 3.21. The van der Waals surface area contributed by atoms with E-state index < -0.39 is 0 Å². The van der Waals surface area contributed by atoms with Gasteiger partial charge in [0.15, 0.2) is 5.84 Å². The van der Waals surface area contributed by atoms with Crippen molar-refractivity contribution in [1.29, 1.82) is 0 Å². The number of amidine groups is 1. The molecule has 6 nitrogen and oxygen atoms in total. The first-order chi connectivity index (χ1) is 10.1. The van der Waals surface area contributed by atoms with Crippen LogP contribution in [-0.2, 0) is 0 Å². The van der Waals surface area contributed by atoms with E-state index >= 15 is 0 Å². The van der Waals surface area contributed by atoms with Crippen molar-refractivity contribution < 1.29 is 9.94 Å². The average molecular weight is 292 g/mol.